The molecule has 7 nitrogen and oxygen atoms in total. The van der Waals surface area contributed by atoms with Gasteiger partial charge in [-0.2, -0.15) is 0 Å². The van der Waals surface area contributed by atoms with Crippen LogP contribution in [0.1, 0.15) is 25.3 Å². The van der Waals surface area contributed by atoms with E-state index in [0.717, 1.165) is 42.9 Å². The fraction of sp³-hybridized carbons (Fsp3) is 0.344. The summed E-state index contributed by atoms with van der Waals surface area (Å²) in [6, 6.07) is 9.39. The number of amides is 1. The summed E-state index contributed by atoms with van der Waals surface area (Å²) in [5.41, 5.74) is 2.82. The van der Waals surface area contributed by atoms with Gasteiger partial charge in [0.2, 0.25) is 0 Å². The molecule has 0 bridgehead atoms. The number of unbranched alkanes of at least 4 members (excludes halogenated alkanes) is 1. The van der Waals surface area contributed by atoms with Crippen molar-refractivity contribution >= 4 is 35.0 Å². The molecule has 2 aromatic rings. The van der Waals surface area contributed by atoms with Crippen LogP contribution in [-0.4, -0.2) is 63.4 Å². The third-order valence-corrected chi connectivity index (χ3v) is 7.41. The van der Waals surface area contributed by atoms with E-state index < -0.39 is 5.82 Å². The number of carbonyl (C=O) groups is 1. The predicted octanol–water partition coefficient (Wildman–Crippen LogP) is 3.37. The molecule has 2 N–H and O–H groups in total. The van der Waals surface area contributed by atoms with E-state index in [2.05, 4.69) is 35.6 Å². The zero-order valence-corrected chi connectivity index (χ0v) is 23.1. The summed E-state index contributed by atoms with van der Waals surface area (Å²) in [4.78, 5) is 17.3. The molecular weight excluding hydrogens is 507 g/mol. The smallest absolute Gasteiger partial charge is 0.253 e. The van der Waals surface area contributed by atoms with Crippen LogP contribution in [0.5, 0.6) is 5.75 Å². The van der Waals surface area contributed by atoms with Gasteiger partial charge in [0.1, 0.15) is 12.3 Å². The molecule has 3 aliphatic rings. The Morgan fingerprint density at radius 3 is 2.67 bits per heavy atom. The number of fused-ring (bicyclic) bond motifs is 1. The van der Waals surface area contributed by atoms with Gasteiger partial charge in [0.05, 0.1) is 24.5 Å². The number of morpholine rings is 1. The number of halogens is 1. The van der Waals surface area contributed by atoms with Crippen molar-refractivity contribution in [3.63, 3.8) is 0 Å². The molecule has 0 saturated carbocycles. The average Bonchev–Trinajstić information content (AvgIpc) is 2.96. The van der Waals surface area contributed by atoms with Crippen molar-refractivity contribution in [3.05, 3.63) is 82.8 Å². The minimum Gasteiger partial charge on any atom is -0.485 e. The highest BCUT2D eigenvalue weighted by molar-refractivity contribution is 6.13. The molecule has 0 unspecified atom stereocenters. The number of carbonyl (C=O) groups excluding carboxylic acids is 1. The summed E-state index contributed by atoms with van der Waals surface area (Å²) in [6.45, 7) is 15.8. The second-order valence-corrected chi connectivity index (χ2v) is 10.1. The average molecular weight is 545 g/mol. The number of ether oxygens (including phenoxy) is 2. The van der Waals surface area contributed by atoms with E-state index in [0.29, 0.717) is 60.1 Å². The van der Waals surface area contributed by atoms with Gasteiger partial charge < -0.3 is 25.0 Å². The molecule has 0 radical (unpaired) electrons. The Balaban J connectivity index is 1.58. The van der Waals surface area contributed by atoms with E-state index in [-0.39, 0.29) is 18.2 Å². The third kappa shape index (κ3) is 5.83. The highest BCUT2D eigenvalue weighted by Crippen LogP contribution is 2.49. The maximum Gasteiger partial charge on any atom is 0.253 e. The van der Waals surface area contributed by atoms with Crippen molar-refractivity contribution in [1.82, 2.24) is 10.2 Å². The van der Waals surface area contributed by atoms with Crippen LogP contribution in [0.15, 0.2) is 61.0 Å². The Hall–Kier alpha value is -3.88. The normalized spacial score (nSPS) is 18.6. The Bertz CT molecular complexity index is 1460. The number of benzene rings is 2. The van der Waals surface area contributed by atoms with Gasteiger partial charge in [0.15, 0.2) is 11.6 Å². The lowest BCUT2D eigenvalue weighted by atomic mass is 9.92. The maximum absolute atomic E-state index is 15.8. The van der Waals surface area contributed by atoms with Crippen molar-refractivity contribution < 1.29 is 18.7 Å². The standard InChI is InChI=1S/C32H37FN4O3/c1-4-5-11-35-32(38)27-21-37-22(2)19-25-9-7-6-8-24(25)10-16-40-31-29(28(33)20-26(23(27)3)30(31)37)34-12-13-36-14-17-39-18-15-36/h6-10,19-21,34H,2-5,11-18H2,1H3,(H,35,38)/b24-10-,25-19-. The summed E-state index contributed by atoms with van der Waals surface area (Å²) in [7, 11) is 0. The second kappa shape index (κ2) is 12.5. The van der Waals surface area contributed by atoms with E-state index in [9.17, 15) is 4.79 Å². The molecule has 210 valence electrons. The number of nitrogens with zero attached hydrogens (tertiary/aromatic N) is 2. The molecular formula is C32H37FN4O3. The predicted molar refractivity (Wildman–Crippen MR) is 159 cm³/mol. The lowest BCUT2D eigenvalue weighted by molar-refractivity contribution is -0.117. The van der Waals surface area contributed by atoms with E-state index in [1.54, 1.807) is 6.20 Å². The largest absolute Gasteiger partial charge is 0.485 e. The van der Waals surface area contributed by atoms with Crippen LogP contribution in [0.2, 0.25) is 0 Å². The van der Waals surface area contributed by atoms with Crippen LogP contribution in [0.3, 0.4) is 0 Å². The first-order valence-corrected chi connectivity index (χ1v) is 14.0. The molecule has 1 amide bonds. The lowest BCUT2D eigenvalue weighted by Gasteiger charge is -2.34. The van der Waals surface area contributed by atoms with Crippen LogP contribution in [-0.2, 0) is 9.53 Å². The quantitative estimate of drug-likeness (QED) is 0.497. The highest BCUT2D eigenvalue weighted by atomic mass is 19.1. The molecule has 0 atom stereocenters. The first kappa shape index (κ1) is 27.7. The molecule has 3 heterocycles. The van der Waals surface area contributed by atoms with Crippen molar-refractivity contribution in [3.8, 4) is 5.75 Å². The Kier molecular flexibility index (Phi) is 8.67. The number of nitrogens with one attached hydrogen (secondary N) is 2. The molecule has 5 rings (SSSR count). The Morgan fingerprint density at radius 1 is 1.12 bits per heavy atom. The minimum atomic E-state index is -0.462. The Labute approximate surface area is 234 Å². The molecule has 2 aromatic carbocycles. The van der Waals surface area contributed by atoms with Crippen LogP contribution in [0.4, 0.5) is 15.8 Å². The maximum atomic E-state index is 15.8. The lowest BCUT2D eigenvalue weighted by Crippen LogP contribution is -2.39. The third-order valence-electron chi connectivity index (χ3n) is 7.41. The minimum absolute atomic E-state index is 0.236. The Morgan fingerprint density at radius 2 is 1.90 bits per heavy atom. The van der Waals surface area contributed by atoms with Crippen LogP contribution < -0.4 is 30.7 Å². The molecule has 0 aliphatic carbocycles. The van der Waals surface area contributed by atoms with E-state index >= 15 is 4.39 Å². The van der Waals surface area contributed by atoms with E-state index in [1.165, 1.54) is 6.07 Å². The molecule has 0 aromatic heterocycles. The summed E-state index contributed by atoms with van der Waals surface area (Å²) in [6.07, 6.45) is 7.51. The number of hydrogen-bond donors (Lipinski definition) is 2. The highest BCUT2D eigenvalue weighted by Gasteiger charge is 2.32. The molecule has 3 aliphatic heterocycles. The van der Waals surface area contributed by atoms with Gasteiger partial charge in [-0.05, 0) is 40.6 Å². The van der Waals surface area contributed by atoms with Crippen LogP contribution in [0, 0.1) is 5.82 Å². The first-order chi connectivity index (χ1) is 19.5. The van der Waals surface area contributed by atoms with Gasteiger partial charge in [-0.25, -0.2) is 4.39 Å². The monoisotopic (exact) mass is 544 g/mol. The summed E-state index contributed by atoms with van der Waals surface area (Å²) in [5.74, 6) is -0.347. The first-order valence-electron chi connectivity index (χ1n) is 14.0. The fourth-order valence-corrected chi connectivity index (χ4v) is 5.16. The van der Waals surface area contributed by atoms with Crippen molar-refractivity contribution in [2.24, 2.45) is 0 Å². The van der Waals surface area contributed by atoms with Crippen molar-refractivity contribution in [2.75, 3.05) is 62.8 Å². The molecule has 0 spiro atoms. The molecule has 1 fully saturated rings. The number of hydrogen-bond acceptors (Lipinski definition) is 6. The second-order valence-electron chi connectivity index (χ2n) is 10.1. The van der Waals surface area contributed by atoms with Crippen molar-refractivity contribution in [1.29, 1.82) is 0 Å². The van der Waals surface area contributed by atoms with Gasteiger partial charge in [-0.15, -0.1) is 0 Å². The summed E-state index contributed by atoms with van der Waals surface area (Å²) in [5, 5.41) is 8.21. The van der Waals surface area contributed by atoms with Gasteiger partial charge in [-0.1, -0.05) is 50.8 Å². The van der Waals surface area contributed by atoms with Gasteiger partial charge in [-0.3, -0.25) is 9.69 Å². The van der Waals surface area contributed by atoms with Gasteiger partial charge in [0, 0.05) is 50.2 Å². The van der Waals surface area contributed by atoms with Gasteiger partial charge in [0.25, 0.3) is 5.91 Å². The molecule has 8 heteroatoms. The van der Waals surface area contributed by atoms with Gasteiger partial charge >= 0.3 is 0 Å². The number of rotatable bonds is 8. The SMILES string of the molecule is C=C1C(C(=O)NCCCC)=CN2C(=C)/C=c3/cccc/c3=C/COc3c(NCCN4CCOCC4)c(F)cc1c32. The fourth-order valence-electron chi connectivity index (χ4n) is 5.16. The molecule has 1 saturated heterocycles. The van der Waals surface area contributed by atoms with E-state index in [1.807, 2.05) is 41.3 Å². The summed E-state index contributed by atoms with van der Waals surface area (Å²) >= 11 is 0. The molecule has 40 heavy (non-hydrogen) atoms. The van der Waals surface area contributed by atoms with E-state index in [4.69, 9.17) is 9.47 Å². The number of allylic oxidation sites excluding steroid dienone is 1. The number of anilines is 2. The van der Waals surface area contributed by atoms with Crippen molar-refractivity contribution in [2.45, 2.75) is 19.8 Å². The van der Waals surface area contributed by atoms with Crippen LogP contribution >= 0.6 is 0 Å². The zero-order chi connectivity index (χ0) is 28.1. The zero-order valence-electron chi connectivity index (χ0n) is 23.1. The topological polar surface area (TPSA) is 66.1 Å². The summed E-state index contributed by atoms with van der Waals surface area (Å²) < 4.78 is 27.6. The van der Waals surface area contributed by atoms with Crippen LogP contribution in [0.25, 0.3) is 17.7 Å².